The number of nitrogens with zero attached hydrogens (tertiary/aromatic N) is 1. The number of piperidine rings is 1. The molecule has 1 aliphatic heterocycles. The molecule has 2 amide bonds. The lowest BCUT2D eigenvalue weighted by atomic mass is 9.75. The van der Waals surface area contributed by atoms with Gasteiger partial charge in [0.15, 0.2) is 0 Å². The topological polar surface area (TPSA) is 58.6 Å². The summed E-state index contributed by atoms with van der Waals surface area (Å²) in [6.45, 7) is 8.27. The van der Waals surface area contributed by atoms with Crippen molar-refractivity contribution < 1.29 is 14.3 Å². The summed E-state index contributed by atoms with van der Waals surface area (Å²) in [4.78, 5) is 26.8. The van der Waals surface area contributed by atoms with Gasteiger partial charge in [0.1, 0.15) is 6.61 Å². The molecule has 0 aromatic heterocycles. The molecule has 5 nitrogen and oxygen atoms in total. The molecule has 2 fully saturated rings. The van der Waals surface area contributed by atoms with Crippen LogP contribution in [0.3, 0.4) is 0 Å². The SMILES string of the molecule is CC(C)[C@@H]1CC[C@@H](C)C[C@@H]1OCC(=O)NC1CCN(C(=O)c2ccccc2)CC1. The predicted molar refractivity (Wildman–Crippen MR) is 115 cm³/mol. The molecular formula is C24H36N2O3. The molecule has 29 heavy (non-hydrogen) atoms. The van der Waals surface area contributed by atoms with Gasteiger partial charge in [-0.3, -0.25) is 9.59 Å². The first kappa shape index (κ1) is 21.8. The largest absolute Gasteiger partial charge is 0.368 e. The predicted octanol–water partition coefficient (Wildman–Crippen LogP) is 3.88. The van der Waals surface area contributed by atoms with E-state index in [1.807, 2.05) is 35.2 Å². The zero-order valence-electron chi connectivity index (χ0n) is 18.1. The molecule has 1 aromatic carbocycles. The van der Waals surface area contributed by atoms with Crippen LogP contribution in [-0.2, 0) is 9.53 Å². The van der Waals surface area contributed by atoms with Crippen LogP contribution < -0.4 is 5.32 Å². The van der Waals surface area contributed by atoms with Crippen LogP contribution in [0.1, 0.15) is 63.2 Å². The van der Waals surface area contributed by atoms with Gasteiger partial charge in [-0.25, -0.2) is 0 Å². The third kappa shape index (κ3) is 6.05. The summed E-state index contributed by atoms with van der Waals surface area (Å²) in [5.74, 6) is 1.85. The third-order valence-corrected chi connectivity index (χ3v) is 6.56. The lowest BCUT2D eigenvalue weighted by Gasteiger charge is -2.37. The van der Waals surface area contributed by atoms with Gasteiger partial charge in [0.2, 0.25) is 5.91 Å². The van der Waals surface area contributed by atoms with Gasteiger partial charge in [-0.15, -0.1) is 0 Å². The maximum Gasteiger partial charge on any atom is 0.253 e. The van der Waals surface area contributed by atoms with Crippen molar-refractivity contribution in [3.05, 3.63) is 35.9 Å². The summed E-state index contributed by atoms with van der Waals surface area (Å²) in [6, 6.07) is 9.51. The van der Waals surface area contributed by atoms with Crippen LogP contribution in [0, 0.1) is 17.8 Å². The molecule has 0 radical (unpaired) electrons. The van der Waals surface area contributed by atoms with E-state index in [0.29, 0.717) is 30.8 Å². The Hall–Kier alpha value is -1.88. The molecule has 0 spiro atoms. The van der Waals surface area contributed by atoms with Crippen LogP contribution in [0.2, 0.25) is 0 Å². The molecule has 1 saturated carbocycles. The first-order valence-electron chi connectivity index (χ1n) is 11.2. The maximum absolute atomic E-state index is 12.5. The Kier molecular flexibility index (Phi) is 7.70. The molecule has 160 valence electrons. The molecule has 3 rings (SSSR count). The van der Waals surface area contributed by atoms with E-state index in [2.05, 4.69) is 26.1 Å². The highest BCUT2D eigenvalue weighted by Crippen LogP contribution is 2.35. The first-order valence-corrected chi connectivity index (χ1v) is 11.2. The van der Waals surface area contributed by atoms with E-state index in [1.54, 1.807) is 0 Å². The van der Waals surface area contributed by atoms with Gasteiger partial charge in [-0.05, 0) is 55.6 Å². The number of likely N-dealkylation sites (tertiary alicyclic amines) is 1. The van der Waals surface area contributed by atoms with Crippen LogP contribution in [0.4, 0.5) is 0 Å². The van der Waals surface area contributed by atoms with Crippen LogP contribution in [0.15, 0.2) is 30.3 Å². The minimum Gasteiger partial charge on any atom is -0.368 e. The van der Waals surface area contributed by atoms with Gasteiger partial charge in [0.25, 0.3) is 5.91 Å². The van der Waals surface area contributed by atoms with Crippen molar-refractivity contribution in [1.29, 1.82) is 0 Å². The Balaban J connectivity index is 1.41. The standard InChI is InChI=1S/C24H36N2O3/c1-17(2)21-10-9-18(3)15-22(21)29-16-23(27)25-20-11-13-26(14-12-20)24(28)19-7-5-4-6-8-19/h4-8,17-18,20-22H,9-16H2,1-3H3,(H,25,27)/t18-,21+,22+/m1/s1. The third-order valence-electron chi connectivity index (χ3n) is 6.56. The average molecular weight is 401 g/mol. The Bertz CT molecular complexity index is 668. The van der Waals surface area contributed by atoms with Crippen LogP contribution in [0.25, 0.3) is 0 Å². The summed E-state index contributed by atoms with van der Waals surface area (Å²) in [5.41, 5.74) is 0.727. The summed E-state index contributed by atoms with van der Waals surface area (Å²) < 4.78 is 6.07. The second-order valence-electron chi connectivity index (χ2n) is 9.18. The normalized spacial score (nSPS) is 25.8. The van der Waals surface area contributed by atoms with Gasteiger partial charge < -0.3 is 15.0 Å². The second-order valence-corrected chi connectivity index (χ2v) is 9.18. The van der Waals surface area contributed by atoms with Crippen molar-refractivity contribution in [3.8, 4) is 0 Å². The number of benzene rings is 1. The number of carbonyl (C=O) groups is 2. The molecule has 1 aromatic rings. The smallest absolute Gasteiger partial charge is 0.253 e. The van der Waals surface area contributed by atoms with E-state index in [1.165, 1.54) is 12.8 Å². The molecule has 1 aliphatic carbocycles. The van der Waals surface area contributed by atoms with Gasteiger partial charge in [0.05, 0.1) is 6.10 Å². The zero-order chi connectivity index (χ0) is 20.8. The maximum atomic E-state index is 12.5. The highest BCUT2D eigenvalue weighted by molar-refractivity contribution is 5.94. The molecule has 2 aliphatic rings. The molecule has 1 heterocycles. The van der Waals surface area contributed by atoms with Gasteiger partial charge in [-0.2, -0.15) is 0 Å². The van der Waals surface area contributed by atoms with E-state index < -0.39 is 0 Å². The Labute approximate surface area is 175 Å². The van der Waals surface area contributed by atoms with Crippen molar-refractivity contribution in [2.45, 2.75) is 65.0 Å². The summed E-state index contributed by atoms with van der Waals surface area (Å²) in [5, 5.41) is 3.11. The van der Waals surface area contributed by atoms with Crippen LogP contribution in [-0.4, -0.2) is 48.6 Å². The zero-order valence-corrected chi connectivity index (χ0v) is 18.1. The first-order chi connectivity index (χ1) is 13.9. The summed E-state index contributed by atoms with van der Waals surface area (Å²) in [6.07, 6.45) is 5.28. The number of ether oxygens (including phenoxy) is 1. The van der Waals surface area contributed by atoms with E-state index in [4.69, 9.17) is 4.74 Å². The van der Waals surface area contributed by atoms with Gasteiger partial charge >= 0.3 is 0 Å². The minimum atomic E-state index is -0.0291. The van der Waals surface area contributed by atoms with Crippen molar-refractivity contribution in [3.63, 3.8) is 0 Å². The fourth-order valence-electron chi connectivity index (χ4n) is 4.75. The molecular weight excluding hydrogens is 364 g/mol. The van der Waals surface area contributed by atoms with E-state index in [9.17, 15) is 9.59 Å². The van der Waals surface area contributed by atoms with Gasteiger partial charge in [0, 0.05) is 24.7 Å². The summed E-state index contributed by atoms with van der Waals surface area (Å²) >= 11 is 0. The van der Waals surface area contributed by atoms with E-state index >= 15 is 0 Å². The average Bonchev–Trinajstić information content (AvgIpc) is 2.73. The number of amides is 2. The monoisotopic (exact) mass is 400 g/mol. The van der Waals surface area contributed by atoms with E-state index in [-0.39, 0.29) is 30.6 Å². The number of carbonyl (C=O) groups excluding carboxylic acids is 2. The summed E-state index contributed by atoms with van der Waals surface area (Å²) in [7, 11) is 0. The molecule has 1 N–H and O–H groups in total. The van der Waals surface area contributed by atoms with Gasteiger partial charge in [-0.1, -0.05) is 45.4 Å². The Morgan fingerprint density at radius 3 is 2.45 bits per heavy atom. The van der Waals surface area contributed by atoms with Crippen molar-refractivity contribution in [2.24, 2.45) is 17.8 Å². The Morgan fingerprint density at radius 1 is 1.10 bits per heavy atom. The Morgan fingerprint density at radius 2 is 1.79 bits per heavy atom. The number of hydrogen-bond donors (Lipinski definition) is 1. The quantitative estimate of drug-likeness (QED) is 0.788. The fourth-order valence-corrected chi connectivity index (χ4v) is 4.75. The lowest BCUT2D eigenvalue weighted by molar-refractivity contribution is -0.132. The van der Waals surface area contributed by atoms with Crippen molar-refractivity contribution in [2.75, 3.05) is 19.7 Å². The minimum absolute atomic E-state index is 0.0291. The highest BCUT2D eigenvalue weighted by atomic mass is 16.5. The molecule has 1 saturated heterocycles. The van der Waals surface area contributed by atoms with Crippen LogP contribution in [0.5, 0.6) is 0 Å². The van der Waals surface area contributed by atoms with E-state index in [0.717, 1.165) is 24.8 Å². The molecule has 0 unspecified atom stereocenters. The number of nitrogens with one attached hydrogen (secondary N) is 1. The highest BCUT2D eigenvalue weighted by Gasteiger charge is 2.32. The van der Waals surface area contributed by atoms with Crippen molar-refractivity contribution in [1.82, 2.24) is 10.2 Å². The fraction of sp³-hybridized carbons (Fsp3) is 0.667. The van der Waals surface area contributed by atoms with Crippen LogP contribution >= 0.6 is 0 Å². The second kappa shape index (κ2) is 10.2. The molecule has 5 heteroatoms. The number of hydrogen-bond acceptors (Lipinski definition) is 3. The van der Waals surface area contributed by atoms with Crippen molar-refractivity contribution >= 4 is 11.8 Å². The molecule has 0 bridgehead atoms. The molecule has 3 atom stereocenters. The lowest BCUT2D eigenvalue weighted by Crippen LogP contribution is -2.47. The number of rotatable bonds is 6.